The molecule has 8 nitrogen and oxygen atoms in total. The molecule has 1 saturated heterocycles. The lowest BCUT2D eigenvalue weighted by atomic mass is 10.2. The summed E-state index contributed by atoms with van der Waals surface area (Å²) in [5, 5.41) is 13.8. The van der Waals surface area contributed by atoms with E-state index in [0.717, 1.165) is 0 Å². The van der Waals surface area contributed by atoms with Crippen LogP contribution in [0.4, 0.5) is 4.79 Å². The third-order valence-corrected chi connectivity index (χ3v) is 3.76. The summed E-state index contributed by atoms with van der Waals surface area (Å²) in [6.45, 7) is 8.01. The standard InChI is InChI=1S/C13H24N4O4/c1-4-14-13(21)15-11(18)9(2)16-5-7-17(8-6-16)10(3)12(19)20/h9-10H,4-8H2,1-3H3,(H,19,20)(H2,14,15,18,21). The molecule has 3 amide bonds. The molecule has 1 rings (SSSR count). The number of carbonyl (C=O) groups is 3. The topological polar surface area (TPSA) is 102 Å². The number of hydrogen-bond donors (Lipinski definition) is 3. The van der Waals surface area contributed by atoms with Crippen LogP contribution in [0.5, 0.6) is 0 Å². The highest BCUT2D eigenvalue weighted by molar-refractivity contribution is 5.96. The zero-order valence-electron chi connectivity index (χ0n) is 12.8. The van der Waals surface area contributed by atoms with Crippen molar-refractivity contribution in [1.29, 1.82) is 0 Å². The maximum Gasteiger partial charge on any atom is 0.321 e. The zero-order chi connectivity index (χ0) is 16.0. The van der Waals surface area contributed by atoms with Crippen molar-refractivity contribution in [1.82, 2.24) is 20.4 Å². The Balaban J connectivity index is 2.44. The molecule has 3 N–H and O–H groups in total. The van der Waals surface area contributed by atoms with E-state index in [4.69, 9.17) is 5.11 Å². The third kappa shape index (κ3) is 4.98. The Morgan fingerprint density at radius 2 is 1.52 bits per heavy atom. The fourth-order valence-corrected chi connectivity index (χ4v) is 2.26. The van der Waals surface area contributed by atoms with Crippen LogP contribution < -0.4 is 10.6 Å². The van der Waals surface area contributed by atoms with Gasteiger partial charge in [-0.1, -0.05) is 0 Å². The number of piperazine rings is 1. The molecule has 0 aromatic heterocycles. The van der Waals surface area contributed by atoms with Crippen molar-refractivity contribution < 1.29 is 19.5 Å². The van der Waals surface area contributed by atoms with Gasteiger partial charge < -0.3 is 10.4 Å². The van der Waals surface area contributed by atoms with E-state index in [1.807, 2.05) is 9.80 Å². The molecule has 2 unspecified atom stereocenters. The van der Waals surface area contributed by atoms with E-state index in [9.17, 15) is 14.4 Å². The fraction of sp³-hybridized carbons (Fsp3) is 0.769. The molecule has 0 spiro atoms. The summed E-state index contributed by atoms with van der Waals surface area (Å²) in [6.07, 6.45) is 0. The second-order valence-corrected chi connectivity index (χ2v) is 5.11. The number of amides is 3. The highest BCUT2D eigenvalue weighted by Crippen LogP contribution is 2.09. The van der Waals surface area contributed by atoms with Gasteiger partial charge >= 0.3 is 12.0 Å². The predicted molar refractivity (Wildman–Crippen MR) is 76.9 cm³/mol. The molecule has 0 radical (unpaired) electrons. The summed E-state index contributed by atoms with van der Waals surface area (Å²) in [7, 11) is 0. The Hall–Kier alpha value is -1.67. The maximum absolute atomic E-state index is 11.9. The minimum Gasteiger partial charge on any atom is -0.480 e. The summed E-state index contributed by atoms with van der Waals surface area (Å²) < 4.78 is 0. The van der Waals surface area contributed by atoms with E-state index in [1.165, 1.54) is 0 Å². The van der Waals surface area contributed by atoms with E-state index in [-0.39, 0.29) is 5.91 Å². The zero-order valence-corrected chi connectivity index (χ0v) is 12.8. The molecule has 8 heteroatoms. The van der Waals surface area contributed by atoms with Gasteiger partial charge in [0.15, 0.2) is 0 Å². The van der Waals surface area contributed by atoms with Crippen molar-refractivity contribution in [3.8, 4) is 0 Å². The number of imide groups is 1. The first-order chi connectivity index (χ1) is 9.86. The number of urea groups is 1. The van der Waals surface area contributed by atoms with Gasteiger partial charge in [-0.25, -0.2) is 4.79 Å². The number of aliphatic carboxylic acids is 1. The van der Waals surface area contributed by atoms with Gasteiger partial charge in [0.05, 0.1) is 6.04 Å². The average molecular weight is 300 g/mol. The first-order valence-electron chi connectivity index (χ1n) is 7.16. The summed E-state index contributed by atoms with van der Waals surface area (Å²) >= 11 is 0. The largest absolute Gasteiger partial charge is 0.480 e. The number of carboxylic acids is 1. The van der Waals surface area contributed by atoms with E-state index >= 15 is 0 Å². The molecule has 0 aliphatic carbocycles. The molecule has 2 atom stereocenters. The molecule has 1 fully saturated rings. The van der Waals surface area contributed by atoms with Crippen molar-refractivity contribution >= 4 is 17.9 Å². The summed E-state index contributed by atoms with van der Waals surface area (Å²) in [4.78, 5) is 38.0. The van der Waals surface area contributed by atoms with Crippen LogP contribution >= 0.6 is 0 Å². The van der Waals surface area contributed by atoms with Gasteiger partial charge in [-0.3, -0.25) is 24.7 Å². The van der Waals surface area contributed by atoms with Gasteiger partial charge in [-0.2, -0.15) is 0 Å². The maximum atomic E-state index is 11.9. The van der Waals surface area contributed by atoms with Crippen LogP contribution in [0.15, 0.2) is 0 Å². The second kappa shape index (κ2) is 7.94. The smallest absolute Gasteiger partial charge is 0.321 e. The number of carbonyl (C=O) groups excluding carboxylic acids is 2. The van der Waals surface area contributed by atoms with E-state index in [2.05, 4.69) is 10.6 Å². The Morgan fingerprint density at radius 3 is 1.95 bits per heavy atom. The summed E-state index contributed by atoms with van der Waals surface area (Å²) in [5.41, 5.74) is 0. The minimum atomic E-state index is -0.842. The predicted octanol–water partition coefficient (Wildman–Crippen LogP) is -0.689. The van der Waals surface area contributed by atoms with Crippen LogP contribution in [0, 0.1) is 0 Å². The summed E-state index contributed by atoms with van der Waals surface area (Å²) in [5.74, 6) is -1.19. The Bertz CT molecular complexity index is 394. The molecule has 1 aliphatic heterocycles. The lowest BCUT2D eigenvalue weighted by Crippen LogP contribution is -2.57. The molecular formula is C13H24N4O4. The van der Waals surface area contributed by atoms with Gasteiger partial charge in [0.1, 0.15) is 6.04 Å². The highest BCUT2D eigenvalue weighted by Gasteiger charge is 2.29. The molecule has 120 valence electrons. The molecule has 1 heterocycles. The first-order valence-corrected chi connectivity index (χ1v) is 7.16. The second-order valence-electron chi connectivity index (χ2n) is 5.11. The number of nitrogens with one attached hydrogen (secondary N) is 2. The van der Waals surface area contributed by atoms with Crippen LogP contribution in [0.25, 0.3) is 0 Å². The fourth-order valence-electron chi connectivity index (χ4n) is 2.26. The molecule has 0 saturated carbocycles. The van der Waals surface area contributed by atoms with Crippen molar-refractivity contribution in [2.75, 3.05) is 32.7 Å². The lowest BCUT2D eigenvalue weighted by molar-refractivity contribution is -0.143. The number of rotatable bonds is 5. The number of hydrogen-bond acceptors (Lipinski definition) is 5. The van der Waals surface area contributed by atoms with Crippen molar-refractivity contribution in [3.63, 3.8) is 0 Å². The Morgan fingerprint density at radius 1 is 1.05 bits per heavy atom. The van der Waals surface area contributed by atoms with Crippen LogP contribution in [-0.2, 0) is 9.59 Å². The van der Waals surface area contributed by atoms with Gasteiger partial charge in [0, 0.05) is 32.7 Å². The molecule has 0 bridgehead atoms. The Labute approximate surface area is 124 Å². The van der Waals surface area contributed by atoms with Crippen LogP contribution in [0.3, 0.4) is 0 Å². The van der Waals surface area contributed by atoms with Gasteiger partial charge in [-0.05, 0) is 20.8 Å². The molecule has 0 aromatic rings. The van der Waals surface area contributed by atoms with E-state index in [1.54, 1.807) is 20.8 Å². The number of nitrogens with zero attached hydrogens (tertiary/aromatic N) is 2. The van der Waals surface area contributed by atoms with Crippen molar-refractivity contribution in [3.05, 3.63) is 0 Å². The normalized spacial score (nSPS) is 19.6. The van der Waals surface area contributed by atoms with Gasteiger partial charge in [-0.15, -0.1) is 0 Å². The van der Waals surface area contributed by atoms with Crippen LogP contribution in [-0.4, -0.2) is 77.6 Å². The SMILES string of the molecule is CCNC(=O)NC(=O)C(C)N1CCN(C(C)C(=O)O)CC1. The number of carboxylic acid groups (broad SMARTS) is 1. The molecule has 21 heavy (non-hydrogen) atoms. The summed E-state index contributed by atoms with van der Waals surface area (Å²) in [6, 6.07) is -1.44. The van der Waals surface area contributed by atoms with Crippen molar-refractivity contribution in [2.45, 2.75) is 32.9 Å². The van der Waals surface area contributed by atoms with E-state index < -0.39 is 24.1 Å². The lowest BCUT2D eigenvalue weighted by Gasteiger charge is -2.38. The van der Waals surface area contributed by atoms with Gasteiger partial charge in [0.25, 0.3) is 0 Å². The first kappa shape index (κ1) is 17.4. The van der Waals surface area contributed by atoms with Crippen LogP contribution in [0.1, 0.15) is 20.8 Å². The van der Waals surface area contributed by atoms with E-state index in [0.29, 0.717) is 32.7 Å². The average Bonchev–Trinajstić information content (AvgIpc) is 2.45. The minimum absolute atomic E-state index is 0.347. The molecule has 0 aromatic carbocycles. The highest BCUT2D eigenvalue weighted by atomic mass is 16.4. The van der Waals surface area contributed by atoms with Crippen LogP contribution in [0.2, 0.25) is 0 Å². The monoisotopic (exact) mass is 300 g/mol. The van der Waals surface area contributed by atoms with Gasteiger partial charge in [0.2, 0.25) is 5.91 Å². The molecular weight excluding hydrogens is 276 g/mol. The quantitative estimate of drug-likeness (QED) is 0.621. The molecule has 1 aliphatic rings. The van der Waals surface area contributed by atoms with Crippen molar-refractivity contribution in [2.24, 2.45) is 0 Å². The third-order valence-electron chi connectivity index (χ3n) is 3.76. The Kier molecular flexibility index (Phi) is 6.57.